The smallest absolute Gasteiger partial charge is 0.272 e. The first-order valence-electron chi connectivity index (χ1n) is 12.1. The molecular weight excluding hydrogens is 515 g/mol. The van der Waals surface area contributed by atoms with E-state index in [0.717, 1.165) is 17.3 Å². The van der Waals surface area contributed by atoms with Gasteiger partial charge in [-0.05, 0) is 32.3 Å². The van der Waals surface area contributed by atoms with E-state index < -0.39 is 12.9 Å². The molecule has 13 heteroatoms. The number of nitrogen functional groups attached to an aromatic ring is 1. The fraction of sp³-hybridized carbons (Fsp3) is 0.500. The van der Waals surface area contributed by atoms with Crippen molar-refractivity contribution in [1.82, 2.24) is 24.6 Å². The van der Waals surface area contributed by atoms with Gasteiger partial charge in [0, 0.05) is 12.3 Å². The lowest BCUT2D eigenvalue weighted by atomic mass is 9.97. The summed E-state index contributed by atoms with van der Waals surface area (Å²) in [5, 5.41) is 12.4. The molecule has 0 spiro atoms. The zero-order valence-corrected chi connectivity index (χ0v) is 22.7. The molecule has 1 fully saturated rings. The molecule has 37 heavy (non-hydrogen) atoms. The number of nitrogens with two attached hydrogens (primary N) is 1. The molecular formula is C24H33N6O5PS. The van der Waals surface area contributed by atoms with Crippen LogP contribution in [-0.2, 0) is 25.2 Å². The minimum Gasteiger partial charge on any atom is -0.395 e. The van der Waals surface area contributed by atoms with Gasteiger partial charge in [-0.3, -0.25) is 13.9 Å². The fourth-order valence-corrected chi connectivity index (χ4v) is 6.80. The molecule has 4 N–H and O–H groups in total. The monoisotopic (exact) mass is 548 g/mol. The van der Waals surface area contributed by atoms with Gasteiger partial charge in [0.1, 0.15) is 18.1 Å². The van der Waals surface area contributed by atoms with Crippen molar-refractivity contribution in [3.8, 4) is 0 Å². The van der Waals surface area contributed by atoms with Crippen LogP contribution in [0.25, 0.3) is 11.2 Å². The molecule has 11 nitrogen and oxygen atoms in total. The van der Waals surface area contributed by atoms with E-state index in [1.165, 1.54) is 6.33 Å². The fourth-order valence-electron chi connectivity index (χ4n) is 3.92. The maximum Gasteiger partial charge on any atom is 0.272 e. The summed E-state index contributed by atoms with van der Waals surface area (Å²) in [4.78, 5) is 24.9. The first-order chi connectivity index (χ1) is 17.7. The Bertz CT molecular complexity index is 1260. The zero-order chi connectivity index (χ0) is 26.5. The summed E-state index contributed by atoms with van der Waals surface area (Å²) in [6.07, 6.45) is 3.96. The van der Waals surface area contributed by atoms with Crippen LogP contribution in [0.4, 0.5) is 5.82 Å². The van der Waals surface area contributed by atoms with E-state index in [4.69, 9.17) is 15.0 Å². The number of rotatable bonds is 12. The number of fused-ring (bicyclic) bond motifs is 1. The van der Waals surface area contributed by atoms with E-state index >= 15 is 0 Å². The molecule has 0 radical (unpaired) electrons. The summed E-state index contributed by atoms with van der Waals surface area (Å²) >= 11 is 1.07. The molecule has 4 rings (SSSR count). The normalized spacial score (nSPS) is 19.8. The molecule has 1 aliphatic rings. The first-order valence-corrected chi connectivity index (χ1v) is 14.9. The Morgan fingerprint density at radius 1 is 1.30 bits per heavy atom. The molecule has 1 aromatic carbocycles. The molecule has 0 amide bonds. The third-order valence-corrected chi connectivity index (χ3v) is 9.47. The average Bonchev–Trinajstić information content (AvgIpc) is 3.53. The van der Waals surface area contributed by atoms with E-state index in [9.17, 15) is 14.5 Å². The van der Waals surface area contributed by atoms with Crippen LogP contribution in [0, 0.1) is 5.41 Å². The van der Waals surface area contributed by atoms with E-state index in [0.29, 0.717) is 42.1 Å². The van der Waals surface area contributed by atoms with E-state index in [2.05, 4.69) is 20.0 Å². The van der Waals surface area contributed by atoms with Crippen molar-refractivity contribution < 1.29 is 23.7 Å². The molecule has 0 bridgehead atoms. The number of carbonyl (C=O) groups excluding carboxylic acids is 1. The third-order valence-electron chi connectivity index (χ3n) is 6.16. The number of thioether (sulfide) groups is 1. The van der Waals surface area contributed by atoms with Gasteiger partial charge in [-0.2, -0.15) is 0 Å². The molecule has 3 atom stereocenters. The standard InChI is InChI=1S/C24H33N6O5PS/c1-24(2,14-31)23(32)37-11-10-34-36(33,29-12-17-6-4-3-5-7-17)13-18-8-9-19(35-18)30-16-28-20-21(25)26-15-27-22(20)30/h3-7,15-16,18-19,31H,8-14H2,1-2H3,(H,29,33)(H2,25,26,27)/t18-,19+,36?/m1/s1. The first kappa shape index (κ1) is 27.7. The predicted molar refractivity (Wildman–Crippen MR) is 143 cm³/mol. The quantitative estimate of drug-likeness (QED) is 0.225. The number of benzene rings is 1. The molecule has 0 saturated carbocycles. The Hall–Kier alpha value is -2.34. The lowest BCUT2D eigenvalue weighted by Gasteiger charge is -2.24. The highest BCUT2D eigenvalue weighted by atomic mass is 32.2. The summed E-state index contributed by atoms with van der Waals surface area (Å²) in [7, 11) is -3.32. The lowest BCUT2D eigenvalue weighted by Crippen LogP contribution is -2.26. The highest BCUT2D eigenvalue weighted by molar-refractivity contribution is 8.13. The number of nitrogens with one attached hydrogen (secondary N) is 1. The van der Waals surface area contributed by atoms with Gasteiger partial charge in [0.2, 0.25) is 0 Å². The minimum atomic E-state index is -3.32. The van der Waals surface area contributed by atoms with E-state index in [-0.39, 0.29) is 36.8 Å². The highest BCUT2D eigenvalue weighted by Gasteiger charge is 2.35. The maximum atomic E-state index is 13.9. The van der Waals surface area contributed by atoms with Crippen LogP contribution < -0.4 is 10.8 Å². The number of carbonyl (C=O) groups is 1. The number of nitrogens with zero attached hydrogens (tertiary/aromatic N) is 4. The minimum absolute atomic E-state index is 0.121. The predicted octanol–water partition coefficient (Wildman–Crippen LogP) is 3.36. The Kier molecular flexibility index (Phi) is 8.99. The Morgan fingerprint density at radius 2 is 2.08 bits per heavy atom. The lowest BCUT2D eigenvalue weighted by molar-refractivity contribution is -0.119. The number of anilines is 1. The molecule has 1 aliphatic heterocycles. The number of aliphatic hydroxyl groups is 1. The van der Waals surface area contributed by atoms with Crippen LogP contribution in [0.3, 0.4) is 0 Å². The second kappa shape index (κ2) is 12.0. The van der Waals surface area contributed by atoms with Crippen molar-refractivity contribution in [2.75, 3.05) is 30.9 Å². The summed E-state index contributed by atoms with van der Waals surface area (Å²) in [6, 6.07) is 9.66. The summed E-state index contributed by atoms with van der Waals surface area (Å²) in [6.45, 7) is 3.64. The maximum absolute atomic E-state index is 13.9. The van der Waals surface area contributed by atoms with Gasteiger partial charge < -0.3 is 20.1 Å². The number of hydrogen-bond acceptors (Lipinski definition) is 10. The summed E-state index contributed by atoms with van der Waals surface area (Å²) in [5.41, 5.74) is 7.16. The number of hydrogen-bond donors (Lipinski definition) is 3. The largest absolute Gasteiger partial charge is 0.395 e. The van der Waals surface area contributed by atoms with Crippen molar-refractivity contribution in [3.05, 3.63) is 48.5 Å². The van der Waals surface area contributed by atoms with Crippen LogP contribution in [0.5, 0.6) is 0 Å². The molecule has 1 unspecified atom stereocenters. The molecule has 1 saturated heterocycles. The zero-order valence-electron chi connectivity index (χ0n) is 20.9. The second-order valence-corrected chi connectivity index (χ2v) is 12.9. The summed E-state index contributed by atoms with van der Waals surface area (Å²) < 4.78 is 27.9. The molecule has 0 aliphatic carbocycles. The number of aliphatic hydroxyl groups excluding tert-OH is 1. The van der Waals surface area contributed by atoms with Crippen LogP contribution in [-0.4, -0.2) is 61.0 Å². The Balaban J connectivity index is 1.39. The molecule has 3 aromatic rings. The van der Waals surface area contributed by atoms with E-state index in [1.807, 2.05) is 34.9 Å². The van der Waals surface area contributed by atoms with E-state index in [1.54, 1.807) is 20.2 Å². The Morgan fingerprint density at radius 3 is 2.84 bits per heavy atom. The number of aromatic nitrogens is 4. The molecule has 3 heterocycles. The van der Waals surface area contributed by atoms with Crippen LogP contribution in [0.15, 0.2) is 43.0 Å². The van der Waals surface area contributed by atoms with Gasteiger partial charge in [-0.1, -0.05) is 42.1 Å². The topological polar surface area (TPSA) is 154 Å². The van der Waals surface area contributed by atoms with Crippen LogP contribution in [0.2, 0.25) is 0 Å². The van der Waals surface area contributed by atoms with Crippen molar-refractivity contribution in [2.24, 2.45) is 5.41 Å². The van der Waals surface area contributed by atoms with Crippen LogP contribution >= 0.6 is 19.3 Å². The van der Waals surface area contributed by atoms with Crippen molar-refractivity contribution in [1.29, 1.82) is 0 Å². The SMILES string of the molecule is CC(C)(CO)C(=O)SCCOP(=O)(C[C@H]1CC[C@@H](n2cnc3c(N)ncnc32)O1)NCc1ccccc1. The van der Waals surface area contributed by atoms with Gasteiger partial charge in [-0.15, -0.1) is 0 Å². The summed E-state index contributed by atoms with van der Waals surface area (Å²) in [5.74, 6) is 0.635. The average molecular weight is 549 g/mol. The molecule has 2 aromatic heterocycles. The number of imidazole rings is 1. The van der Waals surface area contributed by atoms with Gasteiger partial charge in [0.15, 0.2) is 16.6 Å². The number of ether oxygens (including phenoxy) is 1. The van der Waals surface area contributed by atoms with Crippen molar-refractivity contribution >= 4 is 41.4 Å². The van der Waals surface area contributed by atoms with Gasteiger partial charge in [0.05, 0.1) is 37.2 Å². The van der Waals surface area contributed by atoms with Gasteiger partial charge in [-0.25, -0.2) is 20.0 Å². The van der Waals surface area contributed by atoms with Crippen molar-refractivity contribution in [2.45, 2.75) is 45.6 Å². The van der Waals surface area contributed by atoms with Gasteiger partial charge in [0.25, 0.3) is 7.52 Å². The Labute approximate surface area is 220 Å². The highest BCUT2D eigenvalue weighted by Crippen LogP contribution is 2.47. The second-order valence-electron chi connectivity index (χ2n) is 9.56. The van der Waals surface area contributed by atoms with Gasteiger partial charge >= 0.3 is 0 Å². The van der Waals surface area contributed by atoms with Crippen molar-refractivity contribution in [3.63, 3.8) is 0 Å². The third kappa shape index (κ3) is 6.95. The molecule has 200 valence electrons. The van der Waals surface area contributed by atoms with Crippen LogP contribution in [0.1, 0.15) is 38.5 Å².